The topological polar surface area (TPSA) is 78.2 Å². The van der Waals surface area contributed by atoms with Gasteiger partial charge in [-0.1, -0.05) is 6.92 Å². The summed E-state index contributed by atoms with van der Waals surface area (Å²) in [6.45, 7) is 8.60. The van der Waals surface area contributed by atoms with Gasteiger partial charge in [0.2, 0.25) is 0 Å². The predicted molar refractivity (Wildman–Crippen MR) is 105 cm³/mol. The van der Waals surface area contributed by atoms with Gasteiger partial charge in [-0.15, -0.1) is 0 Å². The average Bonchev–Trinajstić information content (AvgIpc) is 2.54. The maximum Gasteiger partial charge on any atom is 0.410 e. The van der Waals surface area contributed by atoms with Crippen molar-refractivity contribution >= 4 is 18.1 Å². The van der Waals surface area contributed by atoms with Crippen LogP contribution >= 0.6 is 0 Å². The summed E-state index contributed by atoms with van der Waals surface area (Å²) in [5.74, 6) is 0.659. The lowest BCUT2D eigenvalue weighted by molar-refractivity contribution is -0.00688. The van der Waals surface area contributed by atoms with Crippen LogP contribution in [0, 0.1) is 11.3 Å². The van der Waals surface area contributed by atoms with Crippen LogP contribution < -0.4 is 4.74 Å². The smallest absolute Gasteiger partial charge is 0.410 e. The third-order valence-electron chi connectivity index (χ3n) is 4.25. The summed E-state index contributed by atoms with van der Waals surface area (Å²) in [6.07, 6.45) is 1.32. The van der Waals surface area contributed by atoms with Gasteiger partial charge in [0.1, 0.15) is 17.4 Å². The average molecular weight is 372 g/mol. The van der Waals surface area contributed by atoms with Crippen LogP contribution in [0.15, 0.2) is 17.1 Å². The molecule has 27 heavy (non-hydrogen) atoms. The van der Waals surface area contributed by atoms with E-state index in [9.17, 15) is 10.1 Å². The van der Waals surface area contributed by atoms with Crippen LogP contribution in [0.1, 0.15) is 38.8 Å². The molecule has 1 heterocycles. The van der Waals surface area contributed by atoms with Crippen molar-refractivity contribution in [2.75, 3.05) is 34.3 Å². The van der Waals surface area contributed by atoms with Gasteiger partial charge < -0.3 is 19.3 Å². The Labute approximate surface area is 161 Å². The summed E-state index contributed by atoms with van der Waals surface area (Å²) < 4.78 is 11.0. The van der Waals surface area contributed by atoms with Gasteiger partial charge in [0.25, 0.3) is 0 Å². The highest BCUT2D eigenvalue weighted by Gasteiger charge is 2.46. The number of amides is 1. The van der Waals surface area contributed by atoms with E-state index < -0.39 is 5.60 Å². The Morgan fingerprint density at radius 2 is 2.00 bits per heavy atom. The molecule has 2 rings (SSSR count). The van der Waals surface area contributed by atoms with Crippen molar-refractivity contribution in [3.05, 3.63) is 23.3 Å². The molecule has 0 aliphatic carbocycles. The fourth-order valence-electron chi connectivity index (χ4n) is 3.01. The fraction of sp³-hybridized carbons (Fsp3) is 0.550. The number of carbonyl (C=O) groups excluding carboxylic acids is 1. The molecule has 0 N–H and O–H groups in total. The number of hydrogen-bond donors (Lipinski definition) is 0. The second-order valence-corrected chi connectivity index (χ2v) is 8.29. The number of rotatable bonds is 4. The molecule has 1 aliphatic rings. The number of benzene rings is 1. The van der Waals surface area contributed by atoms with E-state index in [1.807, 2.05) is 40.9 Å². The lowest BCUT2D eigenvalue weighted by Crippen LogP contribution is -2.60. The third-order valence-corrected chi connectivity index (χ3v) is 4.25. The van der Waals surface area contributed by atoms with E-state index in [-0.39, 0.29) is 11.5 Å². The Hall–Kier alpha value is -2.75. The zero-order chi connectivity index (χ0) is 20.4. The van der Waals surface area contributed by atoms with E-state index in [0.29, 0.717) is 30.1 Å². The molecule has 1 fully saturated rings. The Morgan fingerprint density at radius 3 is 2.48 bits per heavy atom. The SMILES string of the molecule is COc1cc(N=CN(C)C)c(C#N)cc1C1(C)CN(C(=O)OC(C)(C)C)C1. The minimum atomic E-state index is -0.527. The molecule has 0 spiro atoms. The Bertz CT molecular complexity index is 782. The van der Waals surface area contributed by atoms with Crippen molar-refractivity contribution in [3.63, 3.8) is 0 Å². The highest BCUT2D eigenvalue weighted by atomic mass is 16.6. The maximum atomic E-state index is 12.2. The first-order valence-electron chi connectivity index (χ1n) is 8.80. The van der Waals surface area contributed by atoms with Crippen molar-refractivity contribution in [2.24, 2.45) is 4.99 Å². The van der Waals surface area contributed by atoms with Crippen LogP contribution in [0.2, 0.25) is 0 Å². The monoisotopic (exact) mass is 372 g/mol. The molecule has 1 aromatic carbocycles. The minimum absolute atomic E-state index is 0.308. The number of likely N-dealkylation sites (tertiary alicyclic amines) is 1. The van der Waals surface area contributed by atoms with E-state index in [4.69, 9.17) is 9.47 Å². The van der Waals surface area contributed by atoms with Crippen molar-refractivity contribution < 1.29 is 14.3 Å². The minimum Gasteiger partial charge on any atom is -0.496 e. The molecule has 1 aliphatic heterocycles. The van der Waals surface area contributed by atoms with E-state index in [1.54, 1.807) is 29.3 Å². The van der Waals surface area contributed by atoms with Crippen LogP contribution in [0.3, 0.4) is 0 Å². The zero-order valence-electron chi connectivity index (χ0n) is 17.2. The van der Waals surface area contributed by atoms with Gasteiger partial charge in [-0.2, -0.15) is 5.26 Å². The molecule has 0 unspecified atom stereocenters. The first kappa shape index (κ1) is 20.6. The molecule has 7 nitrogen and oxygen atoms in total. The molecule has 1 aromatic rings. The van der Waals surface area contributed by atoms with Crippen LogP contribution in [0.4, 0.5) is 10.5 Å². The summed E-state index contributed by atoms with van der Waals surface area (Å²) in [5, 5.41) is 9.53. The summed E-state index contributed by atoms with van der Waals surface area (Å²) in [7, 11) is 5.32. The number of aliphatic imine (C=N–C) groups is 1. The third kappa shape index (κ3) is 4.70. The molecule has 0 saturated carbocycles. The summed E-state index contributed by atoms with van der Waals surface area (Å²) in [5.41, 5.74) is 1.09. The van der Waals surface area contributed by atoms with Crippen molar-refractivity contribution in [1.29, 1.82) is 5.26 Å². The Kier molecular flexibility index (Phi) is 5.69. The van der Waals surface area contributed by atoms with Crippen LogP contribution in [-0.2, 0) is 10.2 Å². The Balaban J connectivity index is 2.28. The van der Waals surface area contributed by atoms with Gasteiger partial charge in [0, 0.05) is 44.2 Å². The number of ether oxygens (including phenoxy) is 2. The molecular weight excluding hydrogens is 344 g/mol. The maximum absolute atomic E-state index is 12.2. The molecule has 0 radical (unpaired) electrons. The number of carbonyl (C=O) groups is 1. The molecule has 0 bridgehead atoms. The van der Waals surface area contributed by atoms with Gasteiger partial charge >= 0.3 is 6.09 Å². The first-order chi connectivity index (χ1) is 12.5. The van der Waals surface area contributed by atoms with E-state index in [1.165, 1.54) is 0 Å². The number of nitrogens with zero attached hydrogens (tertiary/aromatic N) is 4. The standard InChI is InChI=1S/C20H28N4O3/c1-19(2,3)27-18(25)24-11-20(4,12-24)15-8-14(10-21)16(9-17(15)26-7)22-13-23(5)6/h8-9,13H,11-12H2,1-7H3. The van der Waals surface area contributed by atoms with Crippen molar-refractivity contribution in [3.8, 4) is 11.8 Å². The molecule has 7 heteroatoms. The highest BCUT2D eigenvalue weighted by Crippen LogP contribution is 2.42. The lowest BCUT2D eigenvalue weighted by Gasteiger charge is -2.48. The van der Waals surface area contributed by atoms with Gasteiger partial charge in [-0.3, -0.25) is 0 Å². The number of nitriles is 1. The van der Waals surface area contributed by atoms with Crippen LogP contribution in [-0.4, -0.2) is 62.1 Å². The number of hydrogen-bond acceptors (Lipinski definition) is 5. The van der Waals surface area contributed by atoms with E-state index in [2.05, 4.69) is 18.0 Å². The zero-order valence-corrected chi connectivity index (χ0v) is 17.2. The molecule has 146 valence electrons. The second kappa shape index (κ2) is 7.47. The molecule has 0 aromatic heterocycles. The van der Waals surface area contributed by atoms with E-state index >= 15 is 0 Å². The van der Waals surface area contributed by atoms with Crippen molar-refractivity contribution in [2.45, 2.75) is 38.7 Å². The van der Waals surface area contributed by atoms with Gasteiger partial charge in [0.05, 0.1) is 24.7 Å². The van der Waals surface area contributed by atoms with Crippen LogP contribution in [0.5, 0.6) is 5.75 Å². The quantitative estimate of drug-likeness (QED) is 0.599. The fourth-order valence-corrected chi connectivity index (χ4v) is 3.01. The predicted octanol–water partition coefficient (Wildman–Crippen LogP) is 3.30. The summed E-state index contributed by atoms with van der Waals surface area (Å²) >= 11 is 0. The lowest BCUT2D eigenvalue weighted by atomic mass is 9.74. The highest BCUT2D eigenvalue weighted by molar-refractivity contribution is 5.72. The van der Waals surface area contributed by atoms with Crippen molar-refractivity contribution in [1.82, 2.24) is 9.80 Å². The molecular formula is C20H28N4O3. The second-order valence-electron chi connectivity index (χ2n) is 8.29. The van der Waals surface area contributed by atoms with Gasteiger partial charge in [-0.05, 0) is 26.8 Å². The molecule has 0 atom stereocenters. The summed E-state index contributed by atoms with van der Waals surface area (Å²) in [4.78, 5) is 20.0. The van der Waals surface area contributed by atoms with Gasteiger partial charge in [-0.25, -0.2) is 9.79 Å². The van der Waals surface area contributed by atoms with E-state index in [0.717, 1.165) is 5.56 Å². The van der Waals surface area contributed by atoms with Crippen LogP contribution in [0.25, 0.3) is 0 Å². The molecule has 1 saturated heterocycles. The largest absolute Gasteiger partial charge is 0.496 e. The Morgan fingerprint density at radius 1 is 1.37 bits per heavy atom. The normalized spacial score (nSPS) is 15.9. The summed E-state index contributed by atoms with van der Waals surface area (Å²) in [6, 6.07) is 5.79. The number of methoxy groups -OCH3 is 1. The molecule has 1 amide bonds. The first-order valence-corrected chi connectivity index (χ1v) is 8.80. The van der Waals surface area contributed by atoms with Gasteiger partial charge in [0.15, 0.2) is 0 Å².